The number of benzene rings is 3. The fourth-order valence-corrected chi connectivity index (χ4v) is 6.15. The molecule has 0 unspecified atom stereocenters. The zero-order valence-corrected chi connectivity index (χ0v) is 22.8. The van der Waals surface area contributed by atoms with Crippen LogP contribution < -0.4 is 20.7 Å². The minimum Gasteiger partial charge on any atom is -0.495 e. The van der Waals surface area contributed by atoms with Crippen molar-refractivity contribution >= 4 is 49.8 Å². The van der Waals surface area contributed by atoms with Crippen LogP contribution in [0.25, 0.3) is 10.9 Å². The number of fused-ring (bicyclic) bond motifs is 3. The minimum absolute atomic E-state index is 0.179. The smallest absolute Gasteiger partial charge is 0.286 e. The molecule has 200 valence electrons. The highest BCUT2D eigenvalue weighted by molar-refractivity contribution is 7.90. The number of methoxy groups -OCH3 is 1. The summed E-state index contributed by atoms with van der Waals surface area (Å²) in [6.45, 7) is 3.99. The van der Waals surface area contributed by atoms with Crippen LogP contribution in [0.1, 0.15) is 23.6 Å². The quantitative estimate of drug-likeness (QED) is 0.322. The van der Waals surface area contributed by atoms with Gasteiger partial charge in [-0.05, 0) is 79.5 Å². The average Bonchev–Trinajstić information content (AvgIpc) is 2.91. The van der Waals surface area contributed by atoms with Gasteiger partial charge >= 0.3 is 0 Å². The van der Waals surface area contributed by atoms with Crippen molar-refractivity contribution in [1.29, 1.82) is 0 Å². The van der Waals surface area contributed by atoms with Crippen LogP contribution in [0.5, 0.6) is 5.75 Å². The van der Waals surface area contributed by atoms with Gasteiger partial charge in [0, 0.05) is 36.9 Å². The first-order valence-corrected chi connectivity index (χ1v) is 14.1. The molecule has 39 heavy (non-hydrogen) atoms. The monoisotopic (exact) mass is 543 g/mol. The Morgan fingerprint density at radius 1 is 1.10 bits per heavy atom. The van der Waals surface area contributed by atoms with Gasteiger partial charge in [-0.25, -0.2) is 9.97 Å². The molecule has 0 spiro atoms. The van der Waals surface area contributed by atoms with Crippen molar-refractivity contribution in [3.05, 3.63) is 71.4 Å². The normalized spacial score (nSPS) is 16.0. The Morgan fingerprint density at radius 2 is 1.97 bits per heavy atom. The third kappa shape index (κ3) is 5.10. The first kappa shape index (κ1) is 25.1. The van der Waals surface area contributed by atoms with Crippen molar-refractivity contribution in [2.24, 2.45) is 4.40 Å². The number of nitrogens with one attached hydrogen (secondary N) is 3. The molecule has 2 aliphatic heterocycles. The van der Waals surface area contributed by atoms with Crippen molar-refractivity contribution in [3.63, 3.8) is 0 Å². The number of ether oxygens (including phenoxy) is 1. The second-order valence-corrected chi connectivity index (χ2v) is 11.4. The lowest BCUT2D eigenvalue weighted by Crippen LogP contribution is -2.26. The molecule has 0 fully saturated rings. The average molecular weight is 544 g/mol. The van der Waals surface area contributed by atoms with E-state index in [-0.39, 0.29) is 4.90 Å². The molecule has 0 atom stereocenters. The van der Waals surface area contributed by atoms with Crippen molar-refractivity contribution in [2.75, 3.05) is 36.7 Å². The van der Waals surface area contributed by atoms with Gasteiger partial charge in [0.15, 0.2) is 0 Å². The summed E-state index contributed by atoms with van der Waals surface area (Å²) in [6, 6.07) is 15.4. The second kappa shape index (κ2) is 9.83. The maximum Gasteiger partial charge on any atom is 0.286 e. The standard InChI is InChI=1S/C28H29N7O3S/c1-17-31-23-7-4-18(10-27(23)39(36,37)34-17)14-29-22-6-5-20-15-30-28(32-24(20)13-22)33-25-11-21-16-35(2)9-8-19(21)12-26(25)38-3/h4-7,10-13,15,29H,8-9,14,16H2,1-3H3,(H,31,34)(H,30,32,33). The topological polar surface area (TPSA) is 121 Å². The Bertz CT molecular complexity index is 1740. The zero-order valence-electron chi connectivity index (χ0n) is 21.9. The molecule has 10 nitrogen and oxygen atoms in total. The third-order valence-electron chi connectivity index (χ3n) is 6.95. The van der Waals surface area contributed by atoms with E-state index in [4.69, 9.17) is 9.72 Å². The van der Waals surface area contributed by atoms with E-state index in [0.717, 1.165) is 53.1 Å². The van der Waals surface area contributed by atoms with Crippen LogP contribution in [0.15, 0.2) is 64.0 Å². The van der Waals surface area contributed by atoms with Crippen LogP contribution in [0.4, 0.5) is 23.0 Å². The highest BCUT2D eigenvalue weighted by Gasteiger charge is 2.23. The highest BCUT2D eigenvalue weighted by Crippen LogP contribution is 2.33. The lowest BCUT2D eigenvalue weighted by atomic mass is 9.99. The predicted molar refractivity (Wildman–Crippen MR) is 154 cm³/mol. The van der Waals surface area contributed by atoms with Gasteiger partial charge in [0.25, 0.3) is 10.0 Å². The van der Waals surface area contributed by atoms with E-state index in [1.165, 1.54) is 11.1 Å². The molecule has 3 heterocycles. The number of amidine groups is 1. The van der Waals surface area contributed by atoms with Crippen LogP contribution in [-0.4, -0.2) is 49.8 Å². The van der Waals surface area contributed by atoms with E-state index in [9.17, 15) is 8.42 Å². The molecule has 2 aliphatic rings. The Balaban J connectivity index is 1.22. The fraction of sp³-hybridized carbons (Fsp3) is 0.250. The number of sulfonamides is 1. The van der Waals surface area contributed by atoms with Gasteiger partial charge in [-0.15, -0.1) is 4.40 Å². The first-order valence-electron chi connectivity index (χ1n) is 12.6. The molecule has 3 aromatic carbocycles. The highest BCUT2D eigenvalue weighted by atomic mass is 32.2. The van der Waals surface area contributed by atoms with Crippen molar-refractivity contribution < 1.29 is 13.2 Å². The number of rotatable bonds is 6. The molecular formula is C28H29N7O3S. The Kier molecular flexibility index (Phi) is 6.32. The molecule has 3 N–H and O–H groups in total. The summed E-state index contributed by atoms with van der Waals surface area (Å²) in [5.41, 5.74) is 6.40. The third-order valence-corrected chi connectivity index (χ3v) is 8.36. The largest absolute Gasteiger partial charge is 0.495 e. The van der Waals surface area contributed by atoms with E-state index in [2.05, 4.69) is 49.4 Å². The summed E-state index contributed by atoms with van der Waals surface area (Å²) in [4.78, 5) is 11.7. The maximum absolute atomic E-state index is 12.5. The number of aromatic nitrogens is 2. The molecule has 6 rings (SSSR count). The van der Waals surface area contributed by atoms with Gasteiger partial charge in [-0.2, -0.15) is 8.42 Å². The molecule has 4 aromatic rings. The van der Waals surface area contributed by atoms with Crippen molar-refractivity contribution in [2.45, 2.75) is 31.3 Å². The van der Waals surface area contributed by atoms with E-state index in [1.54, 1.807) is 32.4 Å². The van der Waals surface area contributed by atoms with Gasteiger partial charge in [0.05, 0.1) is 24.0 Å². The Hall–Kier alpha value is -4.22. The zero-order chi connectivity index (χ0) is 27.1. The minimum atomic E-state index is -3.71. The first-order chi connectivity index (χ1) is 18.8. The fourth-order valence-electron chi connectivity index (χ4n) is 4.95. The molecule has 0 bridgehead atoms. The molecular weight excluding hydrogens is 514 g/mol. The second-order valence-electron chi connectivity index (χ2n) is 9.86. The summed E-state index contributed by atoms with van der Waals surface area (Å²) in [6.07, 6.45) is 2.79. The van der Waals surface area contributed by atoms with Gasteiger partial charge in [-0.1, -0.05) is 6.07 Å². The van der Waals surface area contributed by atoms with Crippen molar-refractivity contribution in [1.82, 2.24) is 14.9 Å². The van der Waals surface area contributed by atoms with Crippen molar-refractivity contribution in [3.8, 4) is 5.75 Å². The summed E-state index contributed by atoms with van der Waals surface area (Å²) in [5.74, 6) is 1.60. The summed E-state index contributed by atoms with van der Waals surface area (Å²) >= 11 is 0. The molecule has 0 aliphatic carbocycles. The van der Waals surface area contributed by atoms with Gasteiger partial charge in [-0.3, -0.25) is 0 Å². The molecule has 11 heteroatoms. The number of anilines is 4. The van der Waals surface area contributed by atoms with E-state index in [1.807, 2.05) is 24.3 Å². The predicted octanol–water partition coefficient (Wildman–Crippen LogP) is 4.51. The lowest BCUT2D eigenvalue weighted by molar-refractivity contribution is 0.312. The number of hydrogen-bond donors (Lipinski definition) is 3. The summed E-state index contributed by atoms with van der Waals surface area (Å²) < 4.78 is 34.3. The van der Waals surface area contributed by atoms with Gasteiger partial charge < -0.3 is 25.6 Å². The van der Waals surface area contributed by atoms with Gasteiger partial charge in [0.2, 0.25) is 5.95 Å². The van der Waals surface area contributed by atoms with Crippen LogP contribution >= 0.6 is 0 Å². The Morgan fingerprint density at radius 3 is 2.82 bits per heavy atom. The molecule has 0 saturated carbocycles. The lowest BCUT2D eigenvalue weighted by Gasteiger charge is -2.26. The van der Waals surface area contributed by atoms with E-state index < -0.39 is 10.0 Å². The number of hydrogen-bond acceptors (Lipinski definition) is 9. The number of nitrogens with zero attached hydrogens (tertiary/aromatic N) is 4. The molecule has 0 radical (unpaired) electrons. The molecule has 0 amide bonds. The maximum atomic E-state index is 12.5. The van der Waals surface area contributed by atoms with Crippen LogP contribution in [-0.2, 0) is 29.5 Å². The van der Waals surface area contributed by atoms with E-state index >= 15 is 0 Å². The van der Waals surface area contributed by atoms with Crippen LogP contribution in [0.2, 0.25) is 0 Å². The van der Waals surface area contributed by atoms with E-state index in [0.29, 0.717) is 24.0 Å². The van der Waals surface area contributed by atoms with Crippen LogP contribution in [0.3, 0.4) is 0 Å². The molecule has 1 aromatic heterocycles. The summed E-state index contributed by atoms with van der Waals surface area (Å²) in [7, 11) is 0.0871. The van der Waals surface area contributed by atoms with Crippen LogP contribution in [0, 0.1) is 0 Å². The molecule has 0 saturated heterocycles. The number of likely N-dealkylation sites (N-methyl/N-ethyl adjacent to an activating group) is 1. The van der Waals surface area contributed by atoms with Gasteiger partial charge in [0.1, 0.15) is 16.5 Å². The Labute approximate surface area is 227 Å². The SMILES string of the molecule is COc1cc2c(cc1Nc1ncc3ccc(NCc4ccc5c(c4)S(=O)(=O)N=C(C)N5)cc3n1)CN(C)CC2. The summed E-state index contributed by atoms with van der Waals surface area (Å²) in [5, 5.41) is 10.6.